The predicted molar refractivity (Wildman–Crippen MR) is 108 cm³/mol. The number of sulfone groups is 1. The summed E-state index contributed by atoms with van der Waals surface area (Å²) in [7, 11) is -3.64. The number of oxazole rings is 1. The summed E-state index contributed by atoms with van der Waals surface area (Å²) in [6.45, 7) is 5.75. The third-order valence-electron chi connectivity index (χ3n) is 5.43. The molecule has 0 bridgehead atoms. The van der Waals surface area contributed by atoms with Gasteiger partial charge in [-0.2, -0.15) is 0 Å². The van der Waals surface area contributed by atoms with Crippen LogP contribution in [0.4, 0.5) is 0 Å². The molecule has 1 aliphatic carbocycles. The molecule has 1 fully saturated rings. The molecule has 0 aliphatic heterocycles. The van der Waals surface area contributed by atoms with Gasteiger partial charge in [-0.05, 0) is 44.2 Å². The maximum Gasteiger partial charge on any atom is 0.235 e. The van der Waals surface area contributed by atoms with Gasteiger partial charge in [-0.25, -0.2) is 13.4 Å². The number of aromatic nitrogens is 1. The van der Waals surface area contributed by atoms with Crippen LogP contribution >= 0.6 is 0 Å². The first-order valence-electron chi connectivity index (χ1n) is 9.77. The van der Waals surface area contributed by atoms with Crippen LogP contribution in [0.25, 0.3) is 11.5 Å². The molecule has 1 saturated carbocycles. The summed E-state index contributed by atoms with van der Waals surface area (Å²) >= 11 is 0. The molecular weight excluding hydrogens is 376 g/mol. The van der Waals surface area contributed by atoms with Gasteiger partial charge in [0.2, 0.25) is 11.8 Å². The van der Waals surface area contributed by atoms with E-state index in [9.17, 15) is 13.2 Å². The van der Waals surface area contributed by atoms with Crippen LogP contribution in [-0.2, 0) is 20.4 Å². The number of nitrogens with one attached hydrogen (secondary N) is 1. The molecular formula is C21H28N2O4S. The van der Waals surface area contributed by atoms with Gasteiger partial charge in [-0.15, -0.1) is 0 Å². The molecule has 0 saturated heterocycles. The Kier molecular flexibility index (Phi) is 6.23. The van der Waals surface area contributed by atoms with Crippen LogP contribution in [0.15, 0.2) is 28.7 Å². The first-order valence-corrected chi connectivity index (χ1v) is 11.6. The molecule has 1 aromatic heterocycles. The lowest BCUT2D eigenvalue weighted by atomic mass is 9.86. The minimum Gasteiger partial charge on any atom is -0.441 e. The highest BCUT2D eigenvalue weighted by Crippen LogP contribution is 2.26. The third kappa shape index (κ3) is 5.01. The standard InChI is InChI=1S/C21H28N2O4S/c1-14-8-4-6-10-17(14)21-23-19(16(3)27-21)12-28(25,26)13-20(24)22-18-11-7-5-9-15(18)2/h4,6,8,10,15,18H,5,7,9,11-13H2,1-3H3,(H,22,24)/t15-,18+/m1/s1. The van der Waals surface area contributed by atoms with Crippen molar-refractivity contribution in [3.63, 3.8) is 0 Å². The minimum atomic E-state index is -3.64. The summed E-state index contributed by atoms with van der Waals surface area (Å²) in [5, 5.41) is 2.90. The number of carbonyl (C=O) groups is 1. The minimum absolute atomic E-state index is 0.0675. The molecule has 1 amide bonds. The van der Waals surface area contributed by atoms with Gasteiger partial charge in [0.1, 0.15) is 11.5 Å². The molecule has 0 radical (unpaired) electrons. The van der Waals surface area contributed by atoms with Crippen LogP contribution in [0.5, 0.6) is 0 Å². The Hall–Kier alpha value is -2.15. The van der Waals surface area contributed by atoms with Crippen molar-refractivity contribution in [1.29, 1.82) is 0 Å². The van der Waals surface area contributed by atoms with E-state index in [2.05, 4.69) is 17.2 Å². The summed E-state index contributed by atoms with van der Waals surface area (Å²) in [5.41, 5.74) is 2.19. The van der Waals surface area contributed by atoms with Gasteiger partial charge in [0.05, 0.1) is 11.4 Å². The highest BCUT2D eigenvalue weighted by Gasteiger charge is 2.26. The van der Waals surface area contributed by atoms with E-state index in [1.54, 1.807) is 6.92 Å². The van der Waals surface area contributed by atoms with E-state index in [-0.39, 0.29) is 11.8 Å². The molecule has 152 valence electrons. The van der Waals surface area contributed by atoms with Crippen molar-refractivity contribution in [2.75, 3.05) is 5.75 Å². The van der Waals surface area contributed by atoms with E-state index in [1.807, 2.05) is 31.2 Å². The van der Waals surface area contributed by atoms with Gasteiger partial charge >= 0.3 is 0 Å². The molecule has 1 heterocycles. The molecule has 2 atom stereocenters. The number of carbonyl (C=O) groups excluding carboxylic acids is 1. The lowest BCUT2D eigenvalue weighted by molar-refractivity contribution is -0.119. The Morgan fingerprint density at radius 1 is 1.21 bits per heavy atom. The third-order valence-corrected chi connectivity index (χ3v) is 6.85. The molecule has 1 aromatic carbocycles. The Balaban J connectivity index is 1.67. The van der Waals surface area contributed by atoms with Crippen LogP contribution < -0.4 is 5.32 Å². The van der Waals surface area contributed by atoms with Crippen LogP contribution in [0.3, 0.4) is 0 Å². The predicted octanol–water partition coefficient (Wildman–Crippen LogP) is 3.57. The van der Waals surface area contributed by atoms with E-state index in [4.69, 9.17) is 4.42 Å². The van der Waals surface area contributed by atoms with Crippen molar-refractivity contribution >= 4 is 15.7 Å². The monoisotopic (exact) mass is 404 g/mol. The molecule has 0 unspecified atom stereocenters. The first-order chi connectivity index (χ1) is 13.2. The maximum absolute atomic E-state index is 12.6. The van der Waals surface area contributed by atoms with Crippen molar-refractivity contribution in [3.8, 4) is 11.5 Å². The SMILES string of the molecule is Cc1ccccc1-c1nc(CS(=O)(=O)CC(=O)N[C@H]2CCCC[C@H]2C)c(C)o1. The normalized spacial score (nSPS) is 20.1. The number of hydrogen-bond donors (Lipinski definition) is 1. The smallest absolute Gasteiger partial charge is 0.235 e. The van der Waals surface area contributed by atoms with Crippen LogP contribution in [0.2, 0.25) is 0 Å². The fourth-order valence-electron chi connectivity index (χ4n) is 3.73. The number of aryl methyl sites for hydroxylation is 2. The Bertz CT molecular complexity index is 949. The molecule has 6 nitrogen and oxygen atoms in total. The maximum atomic E-state index is 12.6. The van der Waals surface area contributed by atoms with Crippen LogP contribution in [0.1, 0.15) is 49.6 Å². The second-order valence-electron chi connectivity index (χ2n) is 7.80. The highest BCUT2D eigenvalue weighted by atomic mass is 32.2. The van der Waals surface area contributed by atoms with Crippen LogP contribution in [0, 0.1) is 19.8 Å². The Morgan fingerprint density at radius 3 is 2.64 bits per heavy atom. The highest BCUT2D eigenvalue weighted by molar-refractivity contribution is 7.91. The van der Waals surface area contributed by atoms with Crippen molar-refractivity contribution in [1.82, 2.24) is 10.3 Å². The summed E-state index contributed by atoms with van der Waals surface area (Å²) in [6.07, 6.45) is 4.22. The number of hydrogen-bond acceptors (Lipinski definition) is 5. The van der Waals surface area contributed by atoms with E-state index in [1.165, 1.54) is 6.42 Å². The van der Waals surface area contributed by atoms with Gasteiger partial charge in [-0.3, -0.25) is 4.79 Å². The van der Waals surface area contributed by atoms with Crippen molar-refractivity contribution < 1.29 is 17.6 Å². The van der Waals surface area contributed by atoms with Crippen molar-refractivity contribution in [2.45, 2.75) is 58.2 Å². The van der Waals surface area contributed by atoms with Gasteiger partial charge in [0.15, 0.2) is 9.84 Å². The molecule has 28 heavy (non-hydrogen) atoms. The summed E-state index contributed by atoms with van der Waals surface area (Å²) < 4.78 is 30.8. The Morgan fingerprint density at radius 2 is 1.93 bits per heavy atom. The average molecular weight is 405 g/mol. The number of rotatable bonds is 6. The van der Waals surface area contributed by atoms with E-state index < -0.39 is 21.5 Å². The summed E-state index contributed by atoms with van der Waals surface area (Å²) in [6, 6.07) is 7.71. The molecule has 0 spiro atoms. The second-order valence-corrected chi connectivity index (χ2v) is 9.87. The average Bonchev–Trinajstić information content (AvgIpc) is 2.96. The molecule has 3 rings (SSSR count). The van der Waals surface area contributed by atoms with E-state index >= 15 is 0 Å². The zero-order chi connectivity index (χ0) is 20.3. The first kappa shape index (κ1) is 20.6. The van der Waals surface area contributed by atoms with Crippen LogP contribution in [-0.4, -0.2) is 31.1 Å². The zero-order valence-electron chi connectivity index (χ0n) is 16.7. The zero-order valence-corrected chi connectivity index (χ0v) is 17.5. The number of amides is 1. The van der Waals surface area contributed by atoms with E-state index in [0.29, 0.717) is 23.3 Å². The van der Waals surface area contributed by atoms with E-state index in [0.717, 1.165) is 30.4 Å². The summed E-state index contributed by atoms with van der Waals surface area (Å²) in [4.78, 5) is 16.7. The quantitative estimate of drug-likeness (QED) is 0.795. The van der Waals surface area contributed by atoms with Gasteiger partial charge < -0.3 is 9.73 Å². The van der Waals surface area contributed by atoms with Gasteiger partial charge in [-0.1, -0.05) is 38.0 Å². The fourth-order valence-corrected chi connectivity index (χ4v) is 5.00. The van der Waals surface area contributed by atoms with Gasteiger partial charge in [0, 0.05) is 11.6 Å². The molecule has 1 N–H and O–H groups in total. The second kappa shape index (κ2) is 8.47. The Labute approximate surface area is 166 Å². The lowest BCUT2D eigenvalue weighted by Crippen LogP contribution is -2.43. The van der Waals surface area contributed by atoms with Crippen molar-refractivity contribution in [2.24, 2.45) is 5.92 Å². The van der Waals surface area contributed by atoms with Gasteiger partial charge in [0.25, 0.3) is 0 Å². The fraction of sp³-hybridized carbons (Fsp3) is 0.524. The van der Waals surface area contributed by atoms with Crippen molar-refractivity contribution in [3.05, 3.63) is 41.3 Å². The number of benzene rings is 1. The largest absolute Gasteiger partial charge is 0.441 e. The molecule has 2 aromatic rings. The number of nitrogens with zero attached hydrogens (tertiary/aromatic N) is 1. The molecule has 7 heteroatoms. The molecule has 1 aliphatic rings. The summed E-state index contributed by atoms with van der Waals surface area (Å²) in [5.74, 6) is -0.0114. The topological polar surface area (TPSA) is 89.3 Å². The lowest BCUT2D eigenvalue weighted by Gasteiger charge is -2.29.